The Morgan fingerprint density at radius 2 is 2.00 bits per heavy atom. The zero-order chi connectivity index (χ0) is 11.3. The first-order valence-corrected chi connectivity index (χ1v) is 6.26. The molecule has 0 aromatic carbocycles. The van der Waals surface area contributed by atoms with E-state index in [9.17, 15) is 0 Å². The normalized spacial score (nSPS) is 26.4. The van der Waals surface area contributed by atoms with Crippen LogP contribution in [0.2, 0.25) is 0 Å². The molecule has 0 aromatic heterocycles. The first-order valence-electron chi connectivity index (χ1n) is 5.86. The number of likely N-dealkylation sites (N-methyl/N-ethyl adjacent to an activating group) is 1. The van der Waals surface area contributed by atoms with E-state index in [0.29, 0.717) is 12.1 Å². The monoisotopic (exact) mass is 229 g/mol. The summed E-state index contributed by atoms with van der Waals surface area (Å²) in [6.07, 6.45) is 5.17. The van der Waals surface area contributed by atoms with Crippen LogP contribution in [0, 0.1) is 0 Å². The second kappa shape index (κ2) is 6.28. The van der Waals surface area contributed by atoms with Crippen molar-refractivity contribution < 1.29 is 0 Å². The van der Waals surface area contributed by atoms with Gasteiger partial charge in [0, 0.05) is 18.6 Å². The summed E-state index contributed by atoms with van der Waals surface area (Å²) < 4.78 is 0. The summed E-state index contributed by atoms with van der Waals surface area (Å²) >= 11 is 5.23. The van der Waals surface area contributed by atoms with Gasteiger partial charge in [0.15, 0.2) is 5.11 Å². The number of hydrogen-bond donors (Lipinski definition) is 2. The van der Waals surface area contributed by atoms with Gasteiger partial charge in [0.1, 0.15) is 0 Å². The minimum atomic E-state index is 0.514. The quantitative estimate of drug-likeness (QED) is 0.714. The third-order valence-corrected chi connectivity index (χ3v) is 3.31. The highest BCUT2D eigenvalue weighted by molar-refractivity contribution is 7.80. The SMILES string of the molecule is CCNC(=S)NC1CCCCC1N(C)C. The molecule has 88 valence electrons. The van der Waals surface area contributed by atoms with E-state index in [2.05, 4.69) is 36.6 Å². The van der Waals surface area contributed by atoms with E-state index >= 15 is 0 Å². The van der Waals surface area contributed by atoms with Crippen LogP contribution in [0.25, 0.3) is 0 Å². The number of thiocarbonyl (C=S) groups is 1. The van der Waals surface area contributed by atoms with Crippen LogP contribution < -0.4 is 10.6 Å². The molecule has 0 saturated heterocycles. The number of nitrogens with one attached hydrogen (secondary N) is 2. The average Bonchev–Trinajstić information content (AvgIpc) is 2.18. The van der Waals surface area contributed by atoms with Gasteiger partial charge in [0.2, 0.25) is 0 Å². The number of hydrogen-bond acceptors (Lipinski definition) is 2. The molecule has 4 heteroatoms. The van der Waals surface area contributed by atoms with Crippen LogP contribution in [-0.4, -0.2) is 42.7 Å². The first-order chi connectivity index (χ1) is 7.15. The van der Waals surface area contributed by atoms with E-state index in [1.807, 2.05) is 0 Å². The molecule has 0 heterocycles. The van der Waals surface area contributed by atoms with Crippen molar-refractivity contribution in [3.8, 4) is 0 Å². The molecule has 0 radical (unpaired) electrons. The van der Waals surface area contributed by atoms with Crippen LogP contribution in [0.4, 0.5) is 0 Å². The molecule has 1 fully saturated rings. The molecule has 1 rings (SSSR count). The van der Waals surface area contributed by atoms with Gasteiger partial charge in [-0.05, 0) is 46.1 Å². The van der Waals surface area contributed by atoms with Crippen LogP contribution >= 0.6 is 12.2 Å². The highest BCUT2D eigenvalue weighted by Gasteiger charge is 2.26. The molecular weight excluding hydrogens is 206 g/mol. The van der Waals surface area contributed by atoms with Gasteiger partial charge in [0.05, 0.1) is 0 Å². The smallest absolute Gasteiger partial charge is 0.166 e. The molecule has 2 N–H and O–H groups in total. The third-order valence-electron chi connectivity index (χ3n) is 3.05. The van der Waals surface area contributed by atoms with Gasteiger partial charge in [-0.25, -0.2) is 0 Å². The maximum atomic E-state index is 5.23. The first kappa shape index (κ1) is 12.7. The lowest BCUT2D eigenvalue weighted by Gasteiger charge is -2.37. The molecule has 1 saturated carbocycles. The standard InChI is InChI=1S/C11H23N3S/c1-4-12-11(15)13-9-7-5-6-8-10(9)14(2)3/h9-10H,4-8H2,1-3H3,(H2,12,13,15). The van der Waals surface area contributed by atoms with E-state index < -0.39 is 0 Å². The lowest BCUT2D eigenvalue weighted by molar-refractivity contribution is 0.190. The number of nitrogens with zero attached hydrogens (tertiary/aromatic N) is 1. The second-order valence-corrected chi connectivity index (χ2v) is 4.83. The fourth-order valence-electron chi connectivity index (χ4n) is 2.28. The Balaban J connectivity index is 2.45. The summed E-state index contributed by atoms with van der Waals surface area (Å²) in [4.78, 5) is 2.31. The molecule has 0 bridgehead atoms. The predicted molar refractivity (Wildman–Crippen MR) is 69.1 cm³/mol. The Labute approximate surface area is 98.6 Å². The van der Waals surface area contributed by atoms with Crippen molar-refractivity contribution in [2.24, 2.45) is 0 Å². The van der Waals surface area contributed by atoms with Crippen molar-refractivity contribution in [1.29, 1.82) is 0 Å². The maximum Gasteiger partial charge on any atom is 0.166 e. The summed E-state index contributed by atoms with van der Waals surface area (Å²) in [6, 6.07) is 1.13. The van der Waals surface area contributed by atoms with Gasteiger partial charge in [-0.3, -0.25) is 0 Å². The summed E-state index contributed by atoms with van der Waals surface area (Å²) in [5.74, 6) is 0. The van der Waals surface area contributed by atoms with E-state index in [4.69, 9.17) is 12.2 Å². The molecule has 1 aliphatic rings. The van der Waals surface area contributed by atoms with Gasteiger partial charge in [-0.2, -0.15) is 0 Å². The Bertz CT molecular complexity index is 206. The summed E-state index contributed by atoms with van der Waals surface area (Å²) in [7, 11) is 4.31. The lowest BCUT2D eigenvalue weighted by Crippen LogP contribution is -2.53. The van der Waals surface area contributed by atoms with Gasteiger partial charge in [0.25, 0.3) is 0 Å². The molecule has 3 nitrogen and oxygen atoms in total. The zero-order valence-corrected chi connectivity index (χ0v) is 10.9. The molecule has 0 spiro atoms. The van der Waals surface area contributed by atoms with Crippen molar-refractivity contribution >= 4 is 17.3 Å². The van der Waals surface area contributed by atoms with Crippen molar-refractivity contribution in [1.82, 2.24) is 15.5 Å². The fraction of sp³-hybridized carbons (Fsp3) is 0.909. The average molecular weight is 229 g/mol. The molecule has 0 aromatic rings. The molecule has 2 atom stereocenters. The molecule has 0 amide bonds. The molecule has 2 unspecified atom stereocenters. The zero-order valence-electron chi connectivity index (χ0n) is 10.0. The summed E-state index contributed by atoms with van der Waals surface area (Å²) in [5, 5.41) is 7.39. The van der Waals surface area contributed by atoms with Crippen LogP contribution in [0.3, 0.4) is 0 Å². The summed E-state index contributed by atoms with van der Waals surface area (Å²) in [5.41, 5.74) is 0. The van der Waals surface area contributed by atoms with E-state index in [0.717, 1.165) is 11.7 Å². The largest absolute Gasteiger partial charge is 0.363 e. The second-order valence-electron chi connectivity index (χ2n) is 4.43. The Kier molecular flexibility index (Phi) is 5.32. The number of rotatable bonds is 3. The third kappa shape index (κ3) is 3.95. The van der Waals surface area contributed by atoms with E-state index in [1.54, 1.807) is 0 Å². The molecular formula is C11H23N3S. The van der Waals surface area contributed by atoms with Crippen molar-refractivity contribution in [3.05, 3.63) is 0 Å². The Hall–Kier alpha value is -0.350. The van der Waals surface area contributed by atoms with E-state index in [1.165, 1.54) is 25.7 Å². The van der Waals surface area contributed by atoms with Gasteiger partial charge < -0.3 is 15.5 Å². The van der Waals surface area contributed by atoms with E-state index in [-0.39, 0.29) is 0 Å². The van der Waals surface area contributed by atoms with Gasteiger partial charge >= 0.3 is 0 Å². The fourth-order valence-corrected chi connectivity index (χ4v) is 2.57. The summed E-state index contributed by atoms with van der Waals surface area (Å²) in [6.45, 7) is 2.96. The predicted octanol–water partition coefficient (Wildman–Crippen LogP) is 1.34. The minimum Gasteiger partial charge on any atom is -0.363 e. The van der Waals surface area contributed by atoms with Gasteiger partial charge in [-0.1, -0.05) is 12.8 Å². The highest BCUT2D eigenvalue weighted by atomic mass is 32.1. The maximum absolute atomic E-state index is 5.23. The van der Waals surface area contributed by atoms with Gasteiger partial charge in [-0.15, -0.1) is 0 Å². The van der Waals surface area contributed by atoms with Crippen molar-refractivity contribution in [2.75, 3.05) is 20.6 Å². The van der Waals surface area contributed by atoms with Crippen LogP contribution in [-0.2, 0) is 0 Å². The minimum absolute atomic E-state index is 0.514. The molecule has 0 aliphatic heterocycles. The Morgan fingerprint density at radius 3 is 2.60 bits per heavy atom. The topological polar surface area (TPSA) is 27.3 Å². The highest BCUT2D eigenvalue weighted by Crippen LogP contribution is 2.21. The van der Waals surface area contributed by atoms with Crippen LogP contribution in [0.15, 0.2) is 0 Å². The molecule has 1 aliphatic carbocycles. The van der Waals surface area contributed by atoms with Crippen molar-refractivity contribution in [3.63, 3.8) is 0 Å². The van der Waals surface area contributed by atoms with Crippen LogP contribution in [0.1, 0.15) is 32.6 Å². The van der Waals surface area contributed by atoms with Crippen LogP contribution in [0.5, 0.6) is 0 Å². The Morgan fingerprint density at radius 1 is 1.33 bits per heavy atom. The lowest BCUT2D eigenvalue weighted by atomic mass is 9.90. The van der Waals surface area contributed by atoms with Crippen molar-refractivity contribution in [2.45, 2.75) is 44.7 Å². The molecule has 15 heavy (non-hydrogen) atoms.